The van der Waals surface area contributed by atoms with Crippen LogP contribution in [0.1, 0.15) is 40.5 Å². The number of carbonyl (C=O) groups is 3. The van der Waals surface area contributed by atoms with E-state index in [1.165, 1.54) is 6.92 Å². The third-order valence-corrected chi connectivity index (χ3v) is 4.30. The molecule has 6 nitrogen and oxygen atoms in total. The molecular formula is C21H23N3O3. The molecule has 6 heteroatoms. The quantitative estimate of drug-likeness (QED) is 0.657. The van der Waals surface area contributed by atoms with Crippen molar-refractivity contribution in [1.29, 1.82) is 0 Å². The number of benzene rings is 2. The van der Waals surface area contributed by atoms with Crippen molar-refractivity contribution in [3.63, 3.8) is 0 Å². The molecule has 0 saturated heterocycles. The second-order valence-corrected chi connectivity index (χ2v) is 6.64. The van der Waals surface area contributed by atoms with Gasteiger partial charge in [0.05, 0.1) is 0 Å². The van der Waals surface area contributed by atoms with E-state index in [0.717, 1.165) is 24.0 Å². The lowest BCUT2D eigenvalue weighted by molar-refractivity contribution is -0.118. The van der Waals surface area contributed by atoms with Gasteiger partial charge in [0, 0.05) is 37.2 Å². The van der Waals surface area contributed by atoms with Crippen LogP contribution in [0.4, 0.5) is 0 Å². The summed E-state index contributed by atoms with van der Waals surface area (Å²) in [6, 6.07) is 15.0. The summed E-state index contributed by atoms with van der Waals surface area (Å²) in [6.45, 7) is 2.20. The molecule has 0 spiro atoms. The second-order valence-electron chi connectivity index (χ2n) is 6.64. The first kappa shape index (κ1) is 18.6. The first-order valence-electron chi connectivity index (χ1n) is 9.07. The van der Waals surface area contributed by atoms with Gasteiger partial charge in [0.1, 0.15) is 0 Å². The van der Waals surface area contributed by atoms with E-state index in [-0.39, 0.29) is 17.7 Å². The largest absolute Gasteiger partial charge is 0.355 e. The van der Waals surface area contributed by atoms with Crippen molar-refractivity contribution in [2.75, 3.05) is 13.1 Å². The van der Waals surface area contributed by atoms with Crippen LogP contribution in [-0.2, 0) is 4.79 Å². The summed E-state index contributed by atoms with van der Waals surface area (Å²) >= 11 is 0. The minimum Gasteiger partial charge on any atom is -0.355 e. The predicted molar refractivity (Wildman–Crippen MR) is 103 cm³/mol. The molecule has 2 aromatic carbocycles. The standard InChI is InChI=1S/C21H23N3O3/c1-14(25)22-11-12-23-20(26)18-4-2-3-17(13-18)15-5-7-16(8-6-15)21(27)24-19-9-10-19/h2-8,13,19H,9-12H2,1H3,(H,22,25)(H,23,26)(H,24,27). The zero-order valence-corrected chi connectivity index (χ0v) is 15.2. The van der Waals surface area contributed by atoms with Crippen molar-refractivity contribution in [2.45, 2.75) is 25.8 Å². The highest BCUT2D eigenvalue weighted by Crippen LogP contribution is 2.22. The van der Waals surface area contributed by atoms with Gasteiger partial charge < -0.3 is 16.0 Å². The van der Waals surface area contributed by atoms with Crippen LogP contribution in [0.15, 0.2) is 48.5 Å². The van der Waals surface area contributed by atoms with E-state index in [0.29, 0.717) is 30.3 Å². The fraction of sp³-hybridized carbons (Fsp3) is 0.286. The molecule has 2 aromatic rings. The summed E-state index contributed by atoms with van der Waals surface area (Å²) < 4.78 is 0. The molecule has 27 heavy (non-hydrogen) atoms. The van der Waals surface area contributed by atoms with Gasteiger partial charge in [-0.05, 0) is 48.2 Å². The normalized spacial score (nSPS) is 12.9. The van der Waals surface area contributed by atoms with E-state index >= 15 is 0 Å². The fourth-order valence-electron chi connectivity index (χ4n) is 2.67. The van der Waals surface area contributed by atoms with Crippen molar-refractivity contribution in [1.82, 2.24) is 16.0 Å². The van der Waals surface area contributed by atoms with Gasteiger partial charge in [-0.3, -0.25) is 14.4 Å². The Kier molecular flexibility index (Phi) is 5.86. The molecule has 140 valence electrons. The van der Waals surface area contributed by atoms with Crippen LogP contribution in [0, 0.1) is 0 Å². The lowest BCUT2D eigenvalue weighted by Crippen LogP contribution is -2.33. The zero-order chi connectivity index (χ0) is 19.2. The number of hydrogen-bond donors (Lipinski definition) is 3. The lowest BCUT2D eigenvalue weighted by Gasteiger charge is -2.08. The molecule has 1 fully saturated rings. The summed E-state index contributed by atoms with van der Waals surface area (Å²) in [6.07, 6.45) is 2.12. The summed E-state index contributed by atoms with van der Waals surface area (Å²) in [7, 11) is 0. The average Bonchev–Trinajstić information content (AvgIpc) is 3.49. The minimum atomic E-state index is -0.192. The van der Waals surface area contributed by atoms with Crippen molar-refractivity contribution in [3.8, 4) is 11.1 Å². The smallest absolute Gasteiger partial charge is 0.251 e. The van der Waals surface area contributed by atoms with Crippen LogP contribution in [0.5, 0.6) is 0 Å². The van der Waals surface area contributed by atoms with Gasteiger partial charge in [-0.1, -0.05) is 24.3 Å². The Bertz CT molecular complexity index is 842. The number of amides is 3. The van der Waals surface area contributed by atoms with Gasteiger partial charge in [0.15, 0.2) is 0 Å². The minimum absolute atomic E-state index is 0.0450. The van der Waals surface area contributed by atoms with E-state index in [1.54, 1.807) is 18.2 Å². The fourth-order valence-corrected chi connectivity index (χ4v) is 2.67. The van der Waals surface area contributed by atoms with Crippen molar-refractivity contribution in [2.24, 2.45) is 0 Å². The Labute approximate surface area is 158 Å². The molecule has 0 radical (unpaired) electrons. The van der Waals surface area contributed by atoms with Gasteiger partial charge in [-0.15, -0.1) is 0 Å². The van der Waals surface area contributed by atoms with Crippen molar-refractivity contribution >= 4 is 17.7 Å². The molecule has 3 rings (SSSR count). The topological polar surface area (TPSA) is 87.3 Å². The maximum absolute atomic E-state index is 12.2. The third kappa shape index (κ3) is 5.41. The maximum Gasteiger partial charge on any atom is 0.251 e. The summed E-state index contributed by atoms with van der Waals surface area (Å²) in [4.78, 5) is 35.1. The van der Waals surface area contributed by atoms with E-state index in [1.807, 2.05) is 30.3 Å². The van der Waals surface area contributed by atoms with Crippen molar-refractivity contribution < 1.29 is 14.4 Å². The number of rotatable bonds is 7. The molecule has 0 aliphatic heterocycles. The van der Waals surface area contributed by atoms with E-state index < -0.39 is 0 Å². The first-order valence-corrected chi connectivity index (χ1v) is 9.07. The summed E-state index contributed by atoms with van der Waals surface area (Å²) in [5.41, 5.74) is 3.02. The molecule has 0 bridgehead atoms. The highest BCUT2D eigenvalue weighted by Gasteiger charge is 2.23. The van der Waals surface area contributed by atoms with Crippen LogP contribution in [0.2, 0.25) is 0 Å². The molecule has 0 aromatic heterocycles. The Morgan fingerprint density at radius 3 is 2.22 bits per heavy atom. The summed E-state index contributed by atoms with van der Waals surface area (Å²) in [5.74, 6) is -0.362. The van der Waals surface area contributed by atoms with Crippen LogP contribution in [0.25, 0.3) is 11.1 Å². The molecule has 1 saturated carbocycles. The zero-order valence-electron chi connectivity index (χ0n) is 15.2. The average molecular weight is 365 g/mol. The third-order valence-electron chi connectivity index (χ3n) is 4.30. The van der Waals surface area contributed by atoms with E-state index in [2.05, 4.69) is 16.0 Å². The van der Waals surface area contributed by atoms with E-state index in [4.69, 9.17) is 0 Å². The Balaban J connectivity index is 1.63. The van der Waals surface area contributed by atoms with Crippen LogP contribution in [-0.4, -0.2) is 36.9 Å². The van der Waals surface area contributed by atoms with Gasteiger partial charge in [0.25, 0.3) is 11.8 Å². The maximum atomic E-state index is 12.2. The Morgan fingerprint density at radius 2 is 1.56 bits per heavy atom. The number of nitrogens with one attached hydrogen (secondary N) is 3. The SMILES string of the molecule is CC(=O)NCCNC(=O)c1cccc(-c2ccc(C(=O)NC3CC3)cc2)c1. The molecule has 1 aliphatic rings. The monoisotopic (exact) mass is 365 g/mol. The highest BCUT2D eigenvalue weighted by molar-refractivity contribution is 5.96. The molecular weight excluding hydrogens is 342 g/mol. The number of carbonyl (C=O) groups excluding carboxylic acids is 3. The lowest BCUT2D eigenvalue weighted by atomic mass is 10.0. The molecule has 0 atom stereocenters. The van der Waals surface area contributed by atoms with Gasteiger partial charge >= 0.3 is 0 Å². The van der Waals surface area contributed by atoms with Gasteiger partial charge in [0.2, 0.25) is 5.91 Å². The predicted octanol–water partition coefficient (Wildman–Crippen LogP) is 2.11. The van der Waals surface area contributed by atoms with Gasteiger partial charge in [-0.2, -0.15) is 0 Å². The van der Waals surface area contributed by atoms with E-state index in [9.17, 15) is 14.4 Å². The molecule has 1 aliphatic carbocycles. The number of hydrogen-bond acceptors (Lipinski definition) is 3. The molecule has 0 unspecified atom stereocenters. The molecule has 0 heterocycles. The Morgan fingerprint density at radius 1 is 0.852 bits per heavy atom. The molecule has 3 amide bonds. The van der Waals surface area contributed by atoms with Crippen LogP contribution >= 0.6 is 0 Å². The summed E-state index contributed by atoms with van der Waals surface area (Å²) in [5, 5.41) is 8.37. The molecule has 3 N–H and O–H groups in total. The van der Waals surface area contributed by atoms with Gasteiger partial charge in [-0.25, -0.2) is 0 Å². The second kappa shape index (κ2) is 8.49. The van der Waals surface area contributed by atoms with Crippen molar-refractivity contribution in [3.05, 3.63) is 59.7 Å². The highest BCUT2D eigenvalue weighted by atomic mass is 16.2. The van der Waals surface area contributed by atoms with Crippen LogP contribution < -0.4 is 16.0 Å². The van der Waals surface area contributed by atoms with Crippen LogP contribution in [0.3, 0.4) is 0 Å². The Hall–Kier alpha value is -3.15. The first-order chi connectivity index (χ1) is 13.0.